The normalized spacial score (nSPS) is 19.2. The van der Waals surface area contributed by atoms with Gasteiger partial charge in [0.1, 0.15) is 0 Å². The second-order valence-corrected chi connectivity index (χ2v) is 6.37. The zero-order valence-corrected chi connectivity index (χ0v) is 12.7. The first kappa shape index (κ1) is 14.5. The number of methoxy groups -OCH3 is 1. The van der Waals surface area contributed by atoms with Crippen molar-refractivity contribution in [2.45, 2.75) is 56.6 Å². The molecule has 1 aliphatic carbocycles. The van der Waals surface area contributed by atoms with Gasteiger partial charge in [-0.2, -0.15) is 0 Å². The number of likely N-dealkylation sites (N-methyl/N-ethyl adjacent to an activating group) is 1. The van der Waals surface area contributed by atoms with Gasteiger partial charge in [0.15, 0.2) is 0 Å². The first-order valence-electron chi connectivity index (χ1n) is 7.32. The molecule has 0 aliphatic heterocycles. The molecule has 0 amide bonds. The molecule has 0 bridgehead atoms. The summed E-state index contributed by atoms with van der Waals surface area (Å²) in [7, 11) is 3.89. The van der Waals surface area contributed by atoms with Crippen molar-refractivity contribution in [3.05, 3.63) is 35.9 Å². The van der Waals surface area contributed by atoms with Gasteiger partial charge in [0.25, 0.3) is 0 Å². The molecule has 1 aromatic rings. The first-order valence-corrected chi connectivity index (χ1v) is 7.32. The van der Waals surface area contributed by atoms with Crippen LogP contribution in [0.4, 0.5) is 0 Å². The molecule has 2 rings (SSSR count). The Hall–Kier alpha value is -0.860. The molecule has 1 fully saturated rings. The van der Waals surface area contributed by atoms with Crippen LogP contribution < -0.4 is 5.32 Å². The van der Waals surface area contributed by atoms with Crippen molar-refractivity contribution in [1.82, 2.24) is 5.32 Å². The van der Waals surface area contributed by atoms with Gasteiger partial charge in [0.2, 0.25) is 0 Å². The lowest BCUT2D eigenvalue weighted by molar-refractivity contribution is 0.0109. The molecule has 1 N–H and O–H groups in total. The lowest BCUT2D eigenvalue weighted by atomic mass is 9.83. The molecular formula is C17H27NO. The highest BCUT2D eigenvalue weighted by Crippen LogP contribution is 2.52. The molecule has 0 heterocycles. The van der Waals surface area contributed by atoms with E-state index in [1.165, 1.54) is 18.4 Å². The van der Waals surface area contributed by atoms with Crippen LogP contribution in [0, 0.1) is 0 Å². The number of hydrogen-bond acceptors (Lipinski definition) is 2. The maximum Gasteiger partial charge on any atom is 0.0623 e. The fraction of sp³-hybridized carbons (Fsp3) is 0.647. The van der Waals surface area contributed by atoms with E-state index in [9.17, 15) is 0 Å². The second kappa shape index (κ2) is 5.64. The second-order valence-electron chi connectivity index (χ2n) is 6.37. The van der Waals surface area contributed by atoms with Gasteiger partial charge in [0, 0.05) is 18.6 Å². The zero-order valence-electron chi connectivity index (χ0n) is 12.7. The third-order valence-electron chi connectivity index (χ3n) is 4.74. The van der Waals surface area contributed by atoms with E-state index in [4.69, 9.17) is 4.74 Å². The predicted molar refractivity (Wildman–Crippen MR) is 80.5 cm³/mol. The van der Waals surface area contributed by atoms with Crippen molar-refractivity contribution in [3.63, 3.8) is 0 Å². The molecule has 2 heteroatoms. The highest BCUT2D eigenvalue weighted by molar-refractivity contribution is 5.33. The Morgan fingerprint density at radius 1 is 1.26 bits per heavy atom. The molecule has 0 spiro atoms. The van der Waals surface area contributed by atoms with E-state index < -0.39 is 0 Å². The van der Waals surface area contributed by atoms with Gasteiger partial charge < -0.3 is 10.1 Å². The topological polar surface area (TPSA) is 21.3 Å². The van der Waals surface area contributed by atoms with Crippen molar-refractivity contribution in [1.29, 1.82) is 0 Å². The highest BCUT2D eigenvalue weighted by atomic mass is 16.5. The largest absolute Gasteiger partial charge is 0.379 e. The first-order chi connectivity index (χ1) is 9.04. The van der Waals surface area contributed by atoms with Crippen molar-refractivity contribution >= 4 is 0 Å². The van der Waals surface area contributed by atoms with Gasteiger partial charge in [-0.25, -0.2) is 0 Å². The maximum absolute atomic E-state index is 5.54. The minimum absolute atomic E-state index is 0.0259. The lowest BCUT2D eigenvalue weighted by Crippen LogP contribution is -2.39. The van der Waals surface area contributed by atoms with Crippen LogP contribution in [-0.2, 0) is 10.2 Å². The van der Waals surface area contributed by atoms with Crippen LogP contribution in [0.5, 0.6) is 0 Å². The average Bonchev–Trinajstić information content (AvgIpc) is 3.22. The van der Waals surface area contributed by atoms with Crippen LogP contribution in [0.15, 0.2) is 30.3 Å². The summed E-state index contributed by atoms with van der Waals surface area (Å²) in [6.07, 6.45) is 4.85. The number of hydrogen-bond donors (Lipinski definition) is 1. The maximum atomic E-state index is 5.54. The summed E-state index contributed by atoms with van der Waals surface area (Å²) in [4.78, 5) is 0. The van der Waals surface area contributed by atoms with E-state index in [1.54, 1.807) is 7.11 Å². The van der Waals surface area contributed by atoms with Crippen molar-refractivity contribution in [3.8, 4) is 0 Å². The standard InChI is InChI=1S/C17H27NO/c1-16(2,19-4)11-10-15(18-3)17(12-13-17)14-8-6-5-7-9-14/h5-9,15,18H,10-13H2,1-4H3. The Kier molecular flexibility index (Phi) is 4.32. The molecule has 1 aromatic carbocycles. The molecule has 1 unspecified atom stereocenters. The van der Waals surface area contributed by atoms with Crippen LogP contribution in [0.1, 0.15) is 45.1 Å². The van der Waals surface area contributed by atoms with Crippen LogP contribution in [0.25, 0.3) is 0 Å². The highest BCUT2D eigenvalue weighted by Gasteiger charge is 2.49. The molecule has 0 radical (unpaired) electrons. The number of ether oxygens (including phenoxy) is 1. The van der Waals surface area contributed by atoms with Gasteiger partial charge in [0.05, 0.1) is 5.60 Å². The SMILES string of the molecule is CNC(CCC(C)(C)OC)C1(c2ccccc2)CC1. The third kappa shape index (κ3) is 3.18. The summed E-state index contributed by atoms with van der Waals surface area (Å²) < 4.78 is 5.54. The van der Waals surface area contributed by atoms with E-state index in [1.807, 2.05) is 0 Å². The molecule has 1 saturated carbocycles. The molecule has 19 heavy (non-hydrogen) atoms. The smallest absolute Gasteiger partial charge is 0.0623 e. The number of nitrogens with one attached hydrogen (secondary N) is 1. The number of benzene rings is 1. The molecule has 1 aliphatic rings. The van der Waals surface area contributed by atoms with E-state index >= 15 is 0 Å². The van der Waals surface area contributed by atoms with Gasteiger partial charge in [-0.3, -0.25) is 0 Å². The van der Waals surface area contributed by atoms with Crippen molar-refractivity contribution < 1.29 is 4.74 Å². The summed E-state index contributed by atoms with van der Waals surface area (Å²) >= 11 is 0. The van der Waals surface area contributed by atoms with Crippen LogP contribution in [-0.4, -0.2) is 25.8 Å². The monoisotopic (exact) mass is 261 g/mol. The molecule has 106 valence electrons. The fourth-order valence-electron chi connectivity index (χ4n) is 3.03. The zero-order chi connectivity index (χ0) is 13.9. The van der Waals surface area contributed by atoms with Crippen molar-refractivity contribution in [2.24, 2.45) is 0 Å². The Balaban J connectivity index is 2.06. The van der Waals surface area contributed by atoms with E-state index in [-0.39, 0.29) is 5.60 Å². The minimum Gasteiger partial charge on any atom is -0.379 e. The third-order valence-corrected chi connectivity index (χ3v) is 4.74. The predicted octanol–water partition coefficient (Wildman–Crippen LogP) is 3.51. The summed E-state index contributed by atoms with van der Waals surface area (Å²) in [5, 5.41) is 3.54. The molecule has 0 aromatic heterocycles. The van der Waals surface area contributed by atoms with Gasteiger partial charge in [-0.05, 0) is 52.1 Å². The summed E-state index contributed by atoms with van der Waals surface area (Å²) in [5.74, 6) is 0. The molecular weight excluding hydrogens is 234 g/mol. The minimum atomic E-state index is -0.0259. The van der Waals surface area contributed by atoms with E-state index in [0.29, 0.717) is 11.5 Å². The quantitative estimate of drug-likeness (QED) is 0.811. The van der Waals surface area contributed by atoms with Crippen LogP contribution >= 0.6 is 0 Å². The average molecular weight is 261 g/mol. The molecule has 1 atom stereocenters. The summed E-state index contributed by atoms with van der Waals surface area (Å²) in [5.41, 5.74) is 1.83. The Morgan fingerprint density at radius 2 is 1.89 bits per heavy atom. The van der Waals surface area contributed by atoms with E-state index in [0.717, 1.165) is 12.8 Å². The van der Waals surface area contributed by atoms with Gasteiger partial charge >= 0.3 is 0 Å². The van der Waals surface area contributed by atoms with Gasteiger partial charge in [-0.1, -0.05) is 30.3 Å². The fourth-order valence-corrected chi connectivity index (χ4v) is 3.03. The molecule has 0 saturated heterocycles. The Bertz CT molecular complexity index is 395. The van der Waals surface area contributed by atoms with Crippen LogP contribution in [0.3, 0.4) is 0 Å². The Labute approximate surface area is 117 Å². The summed E-state index contributed by atoms with van der Waals surface area (Å²) in [6.45, 7) is 4.34. The summed E-state index contributed by atoms with van der Waals surface area (Å²) in [6, 6.07) is 11.5. The van der Waals surface area contributed by atoms with Crippen LogP contribution in [0.2, 0.25) is 0 Å². The van der Waals surface area contributed by atoms with Crippen molar-refractivity contribution in [2.75, 3.05) is 14.2 Å². The lowest BCUT2D eigenvalue weighted by Gasteiger charge is -2.31. The van der Waals surface area contributed by atoms with Gasteiger partial charge in [-0.15, -0.1) is 0 Å². The Morgan fingerprint density at radius 3 is 2.37 bits per heavy atom. The molecule has 2 nitrogen and oxygen atoms in total. The number of rotatable bonds is 7. The van der Waals surface area contributed by atoms with E-state index in [2.05, 4.69) is 56.5 Å².